The number of rotatable bonds is 5. The number of anilines is 1. The van der Waals surface area contributed by atoms with Crippen LogP contribution in [0.15, 0.2) is 36.5 Å². The molecule has 0 aliphatic carbocycles. The molecule has 0 aliphatic heterocycles. The predicted molar refractivity (Wildman–Crippen MR) is 84.4 cm³/mol. The van der Waals surface area contributed by atoms with Gasteiger partial charge in [-0.05, 0) is 25.0 Å². The van der Waals surface area contributed by atoms with Gasteiger partial charge in [0.1, 0.15) is 0 Å². The minimum Gasteiger partial charge on any atom is -0.322 e. The average molecular weight is 286 g/mol. The average Bonchev–Trinajstić information content (AvgIpc) is 2.87. The van der Waals surface area contributed by atoms with E-state index in [0.717, 1.165) is 17.8 Å². The molecule has 1 aromatic carbocycles. The second-order valence-electron chi connectivity index (χ2n) is 5.29. The first-order valence-corrected chi connectivity index (χ1v) is 7.21. The van der Waals surface area contributed by atoms with Gasteiger partial charge in [-0.15, -0.1) is 0 Å². The standard InChI is InChI=1S/C16H22N4O/c1-4-11(2)15(17)16(21)19-14-10-18-20(12(14)3)13-8-6-5-7-9-13/h5-11,15H,4,17H2,1-3H3,(H,19,21). The fraction of sp³-hybridized carbons (Fsp3) is 0.375. The summed E-state index contributed by atoms with van der Waals surface area (Å²) in [5, 5.41) is 7.19. The van der Waals surface area contributed by atoms with Crippen LogP contribution in [-0.4, -0.2) is 21.7 Å². The van der Waals surface area contributed by atoms with Crippen molar-refractivity contribution in [3.05, 3.63) is 42.2 Å². The summed E-state index contributed by atoms with van der Waals surface area (Å²) in [5.41, 5.74) is 8.49. The second-order valence-corrected chi connectivity index (χ2v) is 5.29. The summed E-state index contributed by atoms with van der Waals surface area (Å²) in [6.07, 6.45) is 2.53. The van der Waals surface area contributed by atoms with Crippen LogP contribution in [0.1, 0.15) is 26.0 Å². The van der Waals surface area contributed by atoms with Gasteiger partial charge in [-0.3, -0.25) is 4.79 Å². The summed E-state index contributed by atoms with van der Waals surface area (Å²) in [6, 6.07) is 9.29. The Morgan fingerprint density at radius 1 is 1.38 bits per heavy atom. The van der Waals surface area contributed by atoms with Crippen LogP contribution in [0.4, 0.5) is 5.69 Å². The van der Waals surface area contributed by atoms with Crippen LogP contribution in [-0.2, 0) is 4.79 Å². The lowest BCUT2D eigenvalue weighted by atomic mass is 9.99. The lowest BCUT2D eigenvalue weighted by Crippen LogP contribution is -2.40. The van der Waals surface area contributed by atoms with Crippen LogP contribution in [0.25, 0.3) is 5.69 Å². The van der Waals surface area contributed by atoms with Crippen LogP contribution in [0.5, 0.6) is 0 Å². The molecule has 0 saturated heterocycles. The molecular weight excluding hydrogens is 264 g/mol. The van der Waals surface area contributed by atoms with Crippen molar-refractivity contribution in [1.29, 1.82) is 0 Å². The molecule has 2 unspecified atom stereocenters. The number of hydrogen-bond donors (Lipinski definition) is 2. The molecule has 2 aromatic rings. The molecule has 0 aliphatic rings. The summed E-state index contributed by atoms with van der Waals surface area (Å²) in [5.74, 6) is -0.0189. The van der Waals surface area contributed by atoms with Crippen LogP contribution in [0.3, 0.4) is 0 Å². The highest BCUT2D eigenvalue weighted by molar-refractivity contribution is 5.95. The zero-order valence-corrected chi connectivity index (χ0v) is 12.7. The molecule has 0 bridgehead atoms. The van der Waals surface area contributed by atoms with E-state index in [-0.39, 0.29) is 11.8 Å². The maximum atomic E-state index is 12.1. The number of hydrogen-bond acceptors (Lipinski definition) is 3. The van der Waals surface area contributed by atoms with E-state index in [1.54, 1.807) is 10.9 Å². The maximum Gasteiger partial charge on any atom is 0.241 e. The minimum absolute atomic E-state index is 0.148. The van der Waals surface area contributed by atoms with Crippen molar-refractivity contribution in [2.75, 3.05) is 5.32 Å². The summed E-state index contributed by atoms with van der Waals surface area (Å²) in [4.78, 5) is 12.1. The molecule has 0 radical (unpaired) electrons. The Bertz CT molecular complexity index is 606. The van der Waals surface area contributed by atoms with E-state index in [4.69, 9.17) is 5.73 Å². The van der Waals surface area contributed by atoms with Crippen LogP contribution < -0.4 is 11.1 Å². The van der Waals surface area contributed by atoms with Gasteiger partial charge in [0, 0.05) is 0 Å². The molecule has 0 saturated carbocycles. The van der Waals surface area contributed by atoms with E-state index in [2.05, 4.69) is 10.4 Å². The Hall–Kier alpha value is -2.14. The van der Waals surface area contributed by atoms with E-state index in [0.29, 0.717) is 5.69 Å². The van der Waals surface area contributed by atoms with E-state index in [1.807, 2.05) is 51.1 Å². The molecular formula is C16H22N4O. The molecule has 2 atom stereocenters. The summed E-state index contributed by atoms with van der Waals surface area (Å²) in [6.45, 7) is 5.92. The largest absolute Gasteiger partial charge is 0.322 e. The molecule has 0 fully saturated rings. The van der Waals surface area contributed by atoms with Gasteiger partial charge in [-0.25, -0.2) is 4.68 Å². The number of carbonyl (C=O) groups is 1. The Morgan fingerprint density at radius 3 is 2.67 bits per heavy atom. The van der Waals surface area contributed by atoms with Gasteiger partial charge >= 0.3 is 0 Å². The molecule has 3 N–H and O–H groups in total. The van der Waals surface area contributed by atoms with Crippen molar-refractivity contribution in [2.45, 2.75) is 33.2 Å². The second kappa shape index (κ2) is 6.54. The Kier molecular flexibility index (Phi) is 4.75. The summed E-state index contributed by atoms with van der Waals surface area (Å²) in [7, 11) is 0. The summed E-state index contributed by atoms with van der Waals surface area (Å²) >= 11 is 0. The number of benzene rings is 1. The number of carbonyl (C=O) groups excluding carboxylic acids is 1. The molecule has 112 valence electrons. The molecule has 1 heterocycles. The number of nitrogens with one attached hydrogen (secondary N) is 1. The number of nitrogens with two attached hydrogens (primary N) is 1. The predicted octanol–water partition coefficient (Wildman–Crippen LogP) is 2.49. The van der Waals surface area contributed by atoms with Gasteiger partial charge in [0.2, 0.25) is 5.91 Å². The SMILES string of the molecule is CCC(C)C(N)C(=O)Nc1cnn(-c2ccccc2)c1C. The lowest BCUT2D eigenvalue weighted by Gasteiger charge is -2.17. The van der Waals surface area contributed by atoms with Gasteiger partial charge in [-0.1, -0.05) is 38.5 Å². The molecule has 2 rings (SSSR count). The highest BCUT2D eigenvalue weighted by Crippen LogP contribution is 2.19. The quantitative estimate of drug-likeness (QED) is 0.887. The zero-order valence-electron chi connectivity index (χ0n) is 12.7. The monoisotopic (exact) mass is 286 g/mol. The summed E-state index contributed by atoms with van der Waals surface area (Å²) < 4.78 is 1.80. The van der Waals surface area contributed by atoms with Gasteiger partial charge in [0.25, 0.3) is 0 Å². The Labute approximate surface area is 125 Å². The molecule has 1 aromatic heterocycles. The Balaban J connectivity index is 2.16. The van der Waals surface area contributed by atoms with E-state index >= 15 is 0 Å². The third-order valence-electron chi connectivity index (χ3n) is 3.83. The lowest BCUT2D eigenvalue weighted by molar-refractivity contribution is -0.118. The van der Waals surface area contributed by atoms with Crippen LogP contribution in [0.2, 0.25) is 0 Å². The molecule has 21 heavy (non-hydrogen) atoms. The minimum atomic E-state index is -0.505. The van der Waals surface area contributed by atoms with Gasteiger partial charge in [0.05, 0.1) is 29.3 Å². The number of nitrogens with zero attached hydrogens (tertiary/aromatic N) is 2. The van der Waals surface area contributed by atoms with E-state index in [9.17, 15) is 4.79 Å². The van der Waals surface area contributed by atoms with Gasteiger partial charge in [-0.2, -0.15) is 5.10 Å². The highest BCUT2D eigenvalue weighted by Gasteiger charge is 2.21. The number of para-hydroxylation sites is 1. The first kappa shape index (κ1) is 15.3. The zero-order chi connectivity index (χ0) is 15.4. The van der Waals surface area contributed by atoms with Gasteiger partial charge in [0.15, 0.2) is 0 Å². The fourth-order valence-electron chi connectivity index (χ4n) is 2.09. The van der Waals surface area contributed by atoms with Crippen molar-refractivity contribution >= 4 is 11.6 Å². The highest BCUT2D eigenvalue weighted by atomic mass is 16.2. The van der Waals surface area contributed by atoms with Crippen molar-refractivity contribution in [2.24, 2.45) is 11.7 Å². The number of aromatic nitrogens is 2. The van der Waals surface area contributed by atoms with Gasteiger partial charge < -0.3 is 11.1 Å². The van der Waals surface area contributed by atoms with Crippen LogP contribution in [0, 0.1) is 12.8 Å². The van der Waals surface area contributed by atoms with Crippen LogP contribution >= 0.6 is 0 Å². The smallest absolute Gasteiger partial charge is 0.241 e. The first-order chi connectivity index (χ1) is 10.0. The van der Waals surface area contributed by atoms with E-state index < -0.39 is 6.04 Å². The Morgan fingerprint density at radius 2 is 2.05 bits per heavy atom. The van der Waals surface area contributed by atoms with Crippen molar-refractivity contribution in [3.8, 4) is 5.69 Å². The third kappa shape index (κ3) is 3.31. The molecule has 5 nitrogen and oxygen atoms in total. The topological polar surface area (TPSA) is 72.9 Å². The van der Waals surface area contributed by atoms with Crippen molar-refractivity contribution < 1.29 is 4.79 Å². The van der Waals surface area contributed by atoms with E-state index in [1.165, 1.54) is 0 Å². The molecule has 5 heteroatoms. The molecule has 0 spiro atoms. The third-order valence-corrected chi connectivity index (χ3v) is 3.83. The fourth-order valence-corrected chi connectivity index (χ4v) is 2.09. The van der Waals surface area contributed by atoms with Crippen molar-refractivity contribution in [3.63, 3.8) is 0 Å². The van der Waals surface area contributed by atoms with Crippen molar-refractivity contribution in [1.82, 2.24) is 9.78 Å². The number of amides is 1. The normalized spacial score (nSPS) is 13.7. The molecule has 1 amide bonds. The maximum absolute atomic E-state index is 12.1. The first-order valence-electron chi connectivity index (χ1n) is 7.21.